The molecule has 4 aromatic rings. The topological polar surface area (TPSA) is 130 Å². The molecule has 2 aliphatic carbocycles. The average molecular weight is 597 g/mol. The van der Waals surface area contributed by atoms with Gasteiger partial charge in [-0.3, -0.25) is 4.79 Å². The first-order chi connectivity index (χ1) is 21.2. The van der Waals surface area contributed by atoms with E-state index in [0.29, 0.717) is 52.7 Å². The lowest BCUT2D eigenvalue weighted by Gasteiger charge is -2.35. The van der Waals surface area contributed by atoms with E-state index >= 15 is 4.39 Å². The zero-order chi connectivity index (χ0) is 30.6. The molecular weight excluding hydrogens is 563 g/mol. The van der Waals surface area contributed by atoms with Gasteiger partial charge in [-0.1, -0.05) is 19.1 Å². The SMILES string of the molecule is Cc1ccc2c(NC(=O)[C@@H]3CC34CC4)c(F)ccc2c1Oc1ncccc1-c1ccnc(N[C@H]2C[C@@H](C)CN(C(=O)O)C2)n1. The summed E-state index contributed by atoms with van der Waals surface area (Å²) in [5, 5.41) is 16.9. The number of hydrogen-bond donors (Lipinski definition) is 3. The second-order valence-electron chi connectivity index (χ2n) is 12.4. The Morgan fingerprint density at radius 1 is 1.07 bits per heavy atom. The van der Waals surface area contributed by atoms with Gasteiger partial charge in [0.15, 0.2) is 0 Å². The van der Waals surface area contributed by atoms with Crippen LogP contribution in [0.1, 0.15) is 38.2 Å². The van der Waals surface area contributed by atoms with Gasteiger partial charge < -0.3 is 25.4 Å². The van der Waals surface area contributed by atoms with Crippen LogP contribution in [0.2, 0.25) is 0 Å². The van der Waals surface area contributed by atoms with E-state index in [2.05, 4.69) is 20.6 Å². The average Bonchev–Trinajstić information content (AvgIpc) is 3.94. The highest BCUT2D eigenvalue weighted by Gasteiger charge is 2.65. The number of aryl methyl sites for hydroxylation is 1. The monoisotopic (exact) mass is 596 g/mol. The van der Waals surface area contributed by atoms with E-state index in [9.17, 15) is 14.7 Å². The van der Waals surface area contributed by atoms with Crippen LogP contribution in [0, 0.1) is 30.0 Å². The van der Waals surface area contributed by atoms with Crippen molar-refractivity contribution in [1.82, 2.24) is 19.9 Å². The number of halogens is 1. The van der Waals surface area contributed by atoms with Gasteiger partial charge in [0.05, 0.1) is 16.9 Å². The van der Waals surface area contributed by atoms with E-state index in [1.807, 2.05) is 26.0 Å². The molecule has 2 amide bonds. The number of fused-ring (bicyclic) bond motifs is 1. The number of aromatic nitrogens is 3. The number of nitrogens with one attached hydrogen (secondary N) is 2. The quantitative estimate of drug-likeness (QED) is 0.221. The van der Waals surface area contributed by atoms with Crippen molar-refractivity contribution < 1.29 is 23.8 Å². The number of carboxylic acid groups (broad SMARTS) is 1. The molecule has 0 bridgehead atoms. The molecule has 3 atom stereocenters. The number of nitrogens with zero attached hydrogens (tertiary/aromatic N) is 4. The van der Waals surface area contributed by atoms with Crippen LogP contribution in [0.4, 0.5) is 20.8 Å². The number of likely N-dealkylation sites (tertiary alicyclic amines) is 1. The van der Waals surface area contributed by atoms with Crippen LogP contribution in [0.15, 0.2) is 54.9 Å². The van der Waals surface area contributed by atoms with Gasteiger partial charge in [-0.15, -0.1) is 0 Å². The smallest absolute Gasteiger partial charge is 0.407 e. The first kappa shape index (κ1) is 28.0. The summed E-state index contributed by atoms with van der Waals surface area (Å²) >= 11 is 0. The largest absolute Gasteiger partial charge is 0.465 e. The number of hydrogen-bond acceptors (Lipinski definition) is 7. The molecule has 3 N–H and O–H groups in total. The van der Waals surface area contributed by atoms with Gasteiger partial charge in [-0.05, 0) is 79.8 Å². The number of piperidine rings is 1. The van der Waals surface area contributed by atoms with Crippen LogP contribution in [0.3, 0.4) is 0 Å². The zero-order valence-corrected chi connectivity index (χ0v) is 24.5. The Kier molecular flexibility index (Phi) is 6.83. The molecule has 1 saturated heterocycles. The minimum atomic E-state index is -0.939. The number of ether oxygens (including phenoxy) is 1. The minimum Gasteiger partial charge on any atom is -0.465 e. The number of benzene rings is 2. The Labute approximate surface area is 253 Å². The fourth-order valence-electron chi connectivity index (χ4n) is 6.50. The predicted octanol–water partition coefficient (Wildman–Crippen LogP) is 6.47. The lowest BCUT2D eigenvalue weighted by atomic mass is 9.96. The lowest BCUT2D eigenvalue weighted by Crippen LogP contribution is -2.47. The number of pyridine rings is 1. The van der Waals surface area contributed by atoms with Crippen molar-refractivity contribution >= 4 is 34.4 Å². The third-order valence-corrected chi connectivity index (χ3v) is 9.11. The summed E-state index contributed by atoms with van der Waals surface area (Å²) in [7, 11) is 0. The highest BCUT2D eigenvalue weighted by Crippen LogP contribution is 2.70. The van der Waals surface area contributed by atoms with Gasteiger partial charge in [0.2, 0.25) is 17.7 Å². The molecule has 1 spiro atoms. The van der Waals surface area contributed by atoms with Crippen LogP contribution < -0.4 is 15.4 Å². The molecule has 11 heteroatoms. The summed E-state index contributed by atoms with van der Waals surface area (Å²) in [4.78, 5) is 39.5. The summed E-state index contributed by atoms with van der Waals surface area (Å²) in [6.07, 6.45) is 6.13. The predicted molar refractivity (Wildman–Crippen MR) is 163 cm³/mol. The van der Waals surface area contributed by atoms with Crippen LogP contribution in [0.5, 0.6) is 11.6 Å². The zero-order valence-electron chi connectivity index (χ0n) is 24.5. The summed E-state index contributed by atoms with van der Waals surface area (Å²) in [5.41, 5.74) is 2.33. The fraction of sp³-hybridized carbons (Fsp3) is 0.364. The maximum atomic E-state index is 15.1. The van der Waals surface area contributed by atoms with Crippen LogP contribution in [0.25, 0.3) is 22.0 Å². The molecule has 2 aromatic heterocycles. The van der Waals surface area contributed by atoms with Gasteiger partial charge in [0.25, 0.3) is 0 Å². The van der Waals surface area contributed by atoms with Crippen molar-refractivity contribution in [3.05, 3.63) is 66.2 Å². The Bertz CT molecular complexity index is 1790. The Balaban J connectivity index is 1.17. The first-order valence-electron chi connectivity index (χ1n) is 14.9. The number of amides is 2. The summed E-state index contributed by atoms with van der Waals surface area (Å²) in [5.74, 6) is 0.718. The number of anilines is 2. The Morgan fingerprint density at radius 3 is 2.66 bits per heavy atom. The maximum Gasteiger partial charge on any atom is 0.407 e. The number of carbonyl (C=O) groups is 2. The molecule has 2 aromatic carbocycles. The summed E-state index contributed by atoms with van der Waals surface area (Å²) < 4.78 is 21.5. The highest BCUT2D eigenvalue weighted by atomic mass is 19.1. The molecule has 0 unspecified atom stereocenters. The molecule has 44 heavy (non-hydrogen) atoms. The van der Waals surface area contributed by atoms with E-state index < -0.39 is 11.9 Å². The molecular formula is C33H33FN6O4. The molecule has 0 radical (unpaired) electrons. The fourth-order valence-corrected chi connectivity index (χ4v) is 6.50. The molecule has 1 aliphatic heterocycles. The van der Waals surface area contributed by atoms with Crippen molar-refractivity contribution in [2.45, 2.75) is 45.6 Å². The molecule has 7 rings (SSSR count). The van der Waals surface area contributed by atoms with Gasteiger partial charge in [-0.2, -0.15) is 0 Å². The van der Waals surface area contributed by atoms with E-state index in [-0.39, 0.29) is 34.9 Å². The molecule has 3 fully saturated rings. The Hall–Kier alpha value is -4.80. The molecule has 3 heterocycles. The van der Waals surface area contributed by atoms with Crippen LogP contribution in [-0.4, -0.2) is 56.1 Å². The van der Waals surface area contributed by atoms with Gasteiger partial charge in [0, 0.05) is 48.2 Å². The van der Waals surface area contributed by atoms with E-state index in [1.54, 1.807) is 36.7 Å². The van der Waals surface area contributed by atoms with Crippen molar-refractivity contribution in [2.24, 2.45) is 17.3 Å². The maximum absolute atomic E-state index is 15.1. The van der Waals surface area contributed by atoms with E-state index in [1.165, 1.54) is 11.0 Å². The highest BCUT2D eigenvalue weighted by molar-refractivity contribution is 6.06. The third-order valence-electron chi connectivity index (χ3n) is 9.11. The summed E-state index contributed by atoms with van der Waals surface area (Å²) in [6.45, 7) is 4.77. The van der Waals surface area contributed by atoms with Gasteiger partial charge in [-0.25, -0.2) is 24.1 Å². The van der Waals surface area contributed by atoms with Crippen molar-refractivity contribution in [2.75, 3.05) is 23.7 Å². The van der Waals surface area contributed by atoms with Crippen LogP contribution in [-0.2, 0) is 4.79 Å². The second-order valence-corrected chi connectivity index (χ2v) is 12.4. The van der Waals surface area contributed by atoms with Crippen molar-refractivity contribution in [3.8, 4) is 22.9 Å². The minimum absolute atomic E-state index is 0.0423. The van der Waals surface area contributed by atoms with E-state index in [4.69, 9.17) is 9.72 Å². The van der Waals surface area contributed by atoms with Gasteiger partial charge in [0.1, 0.15) is 11.6 Å². The van der Waals surface area contributed by atoms with Gasteiger partial charge >= 0.3 is 6.09 Å². The summed E-state index contributed by atoms with van der Waals surface area (Å²) in [6, 6.07) is 11.9. The molecule has 226 valence electrons. The Morgan fingerprint density at radius 2 is 1.89 bits per heavy atom. The first-order valence-corrected chi connectivity index (χ1v) is 14.9. The number of rotatable bonds is 7. The lowest BCUT2D eigenvalue weighted by molar-refractivity contribution is -0.117. The van der Waals surface area contributed by atoms with E-state index in [0.717, 1.165) is 31.2 Å². The molecule has 10 nitrogen and oxygen atoms in total. The van der Waals surface area contributed by atoms with Crippen molar-refractivity contribution in [1.29, 1.82) is 0 Å². The third kappa shape index (κ3) is 5.27. The normalized spacial score (nSPS) is 21.6. The molecule has 2 saturated carbocycles. The number of carbonyl (C=O) groups excluding carboxylic acids is 1. The standard InChI is InChI=1S/C33H33FN6O4/c1-18-14-20(17-40(16-18)32(42)43)37-31-36-13-9-26(38-31)23-4-3-12-35-30(23)44-28-19(2)5-6-21-22(28)7-8-25(34)27(21)39-29(41)24-15-33(24)10-11-33/h3-9,12-13,18,20,24H,10-11,14-17H2,1-2H3,(H,39,41)(H,42,43)(H,36,37,38)/t18-,20+,24+/m1/s1. The molecule has 3 aliphatic rings. The second kappa shape index (κ2) is 10.7. The van der Waals surface area contributed by atoms with Crippen LogP contribution >= 0.6 is 0 Å². The van der Waals surface area contributed by atoms with Crippen molar-refractivity contribution in [3.63, 3.8) is 0 Å².